The number of amides is 1. The van der Waals surface area contributed by atoms with Crippen molar-refractivity contribution >= 4 is 17.7 Å². The van der Waals surface area contributed by atoms with Gasteiger partial charge in [-0.05, 0) is 25.3 Å². The number of esters is 1. The second-order valence-electron chi connectivity index (χ2n) is 5.82. The van der Waals surface area contributed by atoms with Gasteiger partial charge in [-0.25, -0.2) is 0 Å². The first-order valence-electron chi connectivity index (χ1n) is 8.06. The van der Waals surface area contributed by atoms with Gasteiger partial charge in [0.15, 0.2) is 0 Å². The molecular formula is C18H27N3O3. The van der Waals surface area contributed by atoms with Gasteiger partial charge in [0.2, 0.25) is 5.91 Å². The molecule has 24 heavy (non-hydrogen) atoms. The minimum absolute atomic E-state index is 0.0761. The molecule has 0 radical (unpaired) electrons. The molecule has 0 aliphatic rings. The Balaban J connectivity index is 2.56. The lowest BCUT2D eigenvalue weighted by atomic mass is 9.98. The molecule has 0 heterocycles. The Morgan fingerprint density at radius 1 is 1.29 bits per heavy atom. The van der Waals surface area contributed by atoms with E-state index in [0.29, 0.717) is 31.8 Å². The van der Waals surface area contributed by atoms with Crippen LogP contribution in [0.1, 0.15) is 31.7 Å². The fourth-order valence-electron chi connectivity index (χ4n) is 2.38. The molecule has 0 fully saturated rings. The van der Waals surface area contributed by atoms with Crippen LogP contribution in [-0.4, -0.2) is 43.3 Å². The van der Waals surface area contributed by atoms with Crippen molar-refractivity contribution in [1.29, 1.82) is 0 Å². The summed E-state index contributed by atoms with van der Waals surface area (Å²) in [7, 11) is 3.08. The molecular weight excluding hydrogens is 306 g/mol. The van der Waals surface area contributed by atoms with Crippen LogP contribution >= 0.6 is 0 Å². The molecule has 1 atom stereocenters. The number of nitrogens with zero attached hydrogens (tertiary/aromatic N) is 2. The van der Waals surface area contributed by atoms with Gasteiger partial charge in [0.05, 0.1) is 18.9 Å². The van der Waals surface area contributed by atoms with Crippen LogP contribution in [0.4, 0.5) is 0 Å². The fourth-order valence-corrected chi connectivity index (χ4v) is 2.38. The van der Waals surface area contributed by atoms with Crippen molar-refractivity contribution in [3.05, 3.63) is 35.9 Å². The van der Waals surface area contributed by atoms with Gasteiger partial charge in [-0.3, -0.25) is 14.6 Å². The van der Waals surface area contributed by atoms with Gasteiger partial charge in [0.25, 0.3) is 0 Å². The number of aliphatic imine (C=N–C) groups is 1. The van der Waals surface area contributed by atoms with Crippen LogP contribution in [0.15, 0.2) is 35.3 Å². The van der Waals surface area contributed by atoms with Crippen molar-refractivity contribution in [2.24, 2.45) is 16.6 Å². The average Bonchev–Trinajstić information content (AvgIpc) is 2.57. The van der Waals surface area contributed by atoms with E-state index in [0.717, 1.165) is 5.56 Å². The molecule has 1 aromatic carbocycles. The Kier molecular flexibility index (Phi) is 8.54. The summed E-state index contributed by atoms with van der Waals surface area (Å²) in [6.07, 6.45) is 1.37. The third-order valence-electron chi connectivity index (χ3n) is 3.72. The Hall–Kier alpha value is -2.37. The van der Waals surface area contributed by atoms with Gasteiger partial charge >= 0.3 is 5.97 Å². The normalized spacial score (nSPS) is 12.5. The van der Waals surface area contributed by atoms with Crippen molar-refractivity contribution in [3.8, 4) is 0 Å². The standard InChI is InChI=1S/C18H27N3O3/c1-14(19)20-11-7-10-16(18(23)24-3)12-17(22)21(2)13-15-8-5-4-6-9-15/h4-6,8-9,16H,7,10-13H2,1-3H3,(H2,19,20). The molecule has 6 nitrogen and oxygen atoms in total. The van der Waals surface area contributed by atoms with Crippen LogP contribution in [0.2, 0.25) is 0 Å². The van der Waals surface area contributed by atoms with Crippen LogP contribution in [0.3, 0.4) is 0 Å². The Morgan fingerprint density at radius 2 is 1.96 bits per heavy atom. The monoisotopic (exact) mass is 333 g/mol. The summed E-state index contributed by atoms with van der Waals surface area (Å²) in [5, 5.41) is 0. The molecule has 0 aliphatic carbocycles. The molecule has 0 spiro atoms. The zero-order chi connectivity index (χ0) is 17.9. The van der Waals surface area contributed by atoms with Crippen LogP contribution in [-0.2, 0) is 20.9 Å². The Labute approximate surface area is 143 Å². The zero-order valence-electron chi connectivity index (χ0n) is 14.7. The highest BCUT2D eigenvalue weighted by molar-refractivity contribution is 5.83. The predicted octanol–water partition coefficient (Wildman–Crippen LogP) is 1.98. The molecule has 1 unspecified atom stereocenters. The second-order valence-corrected chi connectivity index (χ2v) is 5.82. The molecule has 1 aromatic rings. The highest BCUT2D eigenvalue weighted by Crippen LogP contribution is 2.16. The lowest BCUT2D eigenvalue weighted by Gasteiger charge is -2.20. The molecule has 2 N–H and O–H groups in total. The molecule has 0 saturated carbocycles. The molecule has 132 valence electrons. The van der Waals surface area contributed by atoms with E-state index in [1.54, 1.807) is 18.9 Å². The van der Waals surface area contributed by atoms with E-state index < -0.39 is 5.92 Å². The summed E-state index contributed by atoms with van der Waals surface area (Å²) in [5.74, 6) is -0.366. The maximum atomic E-state index is 12.4. The number of hydrogen-bond acceptors (Lipinski definition) is 4. The summed E-state index contributed by atoms with van der Waals surface area (Å²) < 4.78 is 4.82. The minimum Gasteiger partial charge on any atom is -0.469 e. The highest BCUT2D eigenvalue weighted by atomic mass is 16.5. The second kappa shape index (κ2) is 10.4. The van der Waals surface area contributed by atoms with Gasteiger partial charge in [0.1, 0.15) is 0 Å². The lowest BCUT2D eigenvalue weighted by Crippen LogP contribution is -2.30. The molecule has 6 heteroatoms. The number of nitrogens with two attached hydrogens (primary N) is 1. The molecule has 1 rings (SSSR count). The van der Waals surface area contributed by atoms with E-state index in [-0.39, 0.29) is 18.3 Å². The number of amidine groups is 1. The first kappa shape index (κ1) is 19.7. The molecule has 0 saturated heterocycles. The SMILES string of the molecule is COC(=O)C(CCCN=C(C)N)CC(=O)N(C)Cc1ccccc1. The number of carbonyl (C=O) groups excluding carboxylic acids is 2. The molecule has 0 aromatic heterocycles. The van der Waals surface area contributed by atoms with E-state index in [1.165, 1.54) is 7.11 Å². The van der Waals surface area contributed by atoms with Gasteiger partial charge < -0.3 is 15.4 Å². The van der Waals surface area contributed by atoms with Crippen LogP contribution in [0.5, 0.6) is 0 Å². The number of benzene rings is 1. The summed E-state index contributed by atoms with van der Waals surface area (Å²) in [4.78, 5) is 30.0. The minimum atomic E-state index is -0.450. The van der Waals surface area contributed by atoms with Gasteiger partial charge in [-0.15, -0.1) is 0 Å². The Morgan fingerprint density at radius 3 is 2.54 bits per heavy atom. The lowest BCUT2D eigenvalue weighted by molar-refractivity contribution is -0.149. The fraction of sp³-hybridized carbons (Fsp3) is 0.500. The predicted molar refractivity (Wildman–Crippen MR) is 94.4 cm³/mol. The van der Waals surface area contributed by atoms with Gasteiger partial charge in [-0.2, -0.15) is 0 Å². The molecule has 1 amide bonds. The van der Waals surface area contributed by atoms with E-state index in [4.69, 9.17) is 10.5 Å². The topological polar surface area (TPSA) is 85.0 Å². The van der Waals surface area contributed by atoms with Gasteiger partial charge in [-0.1, -0.05) is 30.3 Å². The third-order valence-corrected chi connectivity index (χ3v) is 3.72. The smallest absolute Gasteiger partial charge is 0.309 e. The zero-order valence-corrected chi connectivity index (χ0v) is 14.7. The number of carbonyl (C=O) groups is 2. The van der Waals surface area contributed by atoms with Gasteiger partial charge in [0, 0.05) is 26.6 Å². The van der Waals surface area contributed by atoms with Crippen LogP contribution in [0.25, 0.3) is 0 Å². The van der Waals surface area contributed by atoms with Crippen molar-refractivity contribution in [2.45, 2.75) is 32.7 Å². The number of rotatable bonds is 9. The van der Waals surface area contributed by atoms with Crippen molar-refractivity contribution in [3.63, 3.8) is 0 Å². The average molecular weight is 333 g/mol. The number of ether oxygens (including phenoxy) is 1. The maximum absolute atomic E-state index is 12.4. The summed E-state index contributed by atoms with van der Waals surface area (Å²) in [6.45, 7) is 2.79. The first-order valence-corrected chi connectivity index (χ1v) is 8.06. The van der Waals surface area contributed by atoms with Crippen molar-refractivity contribution < 1.29 is 14.3 Å². The number of methoxy groups -OCH3 is 1. The summed E-state index contributed by atoms with van der Waals surface area (Å²) >= 11 is 0. The molecule has 0 aliphatic heterocycles. The van der Waals surface area contributed by atoms with Crippen LogP contribution in [0, 0.1) is 5.92 Å². The van der Waals surface area contributed by atoms with Crippen LogP contribution < -0.4 is 5.73 Å². The quantitative estimate of drug-likeness (QED) is 0.324. The van der Waals surface area contributed by atoms with Crippen molar-refractivity contribution in [2.75, 3.05) is 20.7 Å². The van der Waals surface area contributed by atoms with E-state index in [2.05, 4.69) is 4.99 Å². The highest BCUT2D eigenvalue weighted by Gasteiger charge is 2.24. The maximum Gasteiger partial charge on any atom is 0.309 e. The third kappa shape index (κ3) is 7.26. The van der Waals surface area contributed by atoms with E-state index in [9.17, 15) is 9.59 Å². The summed E-state index contributed by atoms with van der Waals surface area (Å²) in [6, 6.07) is 9.74. The number of hydrogen-bond donors (Lipinski definition) is 1. The summed E-state index contributed by atoms with van der Waals surface area (Å²) in [5.41, 5.74) is 6.54. The Bertz CT molecular complexity index is 554. The van der Waals surface area contributed by atoms with E-state index >= 15 is 0 Å². The molecule has 0 bridgehead atoms. The van der Waals surface area contributed by atoms with E-state index in [1.807, 2.05) is 30.3 Å². The first-order chi connectivity index (χ1) is 11.4. The largest absolute Gasteiger partial charge is 0.469 e. The van der Waals surface area contributed by atoms with Crippen molar-refractivity contribution in [1.82, 2.24) is 4.90 Å².